The van der Waals surface area contributed by atoms with Gasteiger partial charge in [0.25, 0.3) is 0 Å². The van der Waals surface area contributed by atoms with E-state index in [-0.39, 0.29) is 36.3 Å². The number of hydrogen-bond acceptors (Lipinski definition) is 12. The highest BCUT2D eigenvalue weighted by molar-refractivity contribution is 7.92. The number of benzene rings is 1. The predicted molar refractivity (Wildman–Crippen MR) is 121 cm³/mol. The summed E-state index contributed by atoms with van der Waals surface area (Å²) >= 11 is 0. The summed E-state index contributed by atoms with van der Waals surface area (Å²) in [5.41, 5.74) is 5.32. The first-order chi connectivity index (χ1) is 16.6. The number of aliphatic hydroxyl groups is 2. The normalized spacial score (nSPS) is 17.4. The highest BCUT2D eigenvalue weighted by Gasteiger charge is 2.35. The van der Waals surface area contributed by atoms with Gasteiger partial charge in [-0.05, 0) is 23.8 Å². The van der Waals surface area contributed by atoms with Gasteiger partial charge in [-0.25, -0.2) is 31.7 Å². The Hall–Kier alpha value is -3.00. The van der Waals surface area contributed by atoms with Crippen molar-refractivity contribution in [3.8, 4) is 11.4 Å². The van der Waals surface area contributed by atoms with Crippen LogP contribution in [-0.2, 0) is 20.0 Å². The minimum Gasteiger partial charge on any atom is -0.394 e. The summed E-state index contributed by atoms with van der Waals surface area (Å²) in [5.74, 6) is 0.172. The number of imidazole rings is 1. The van der Waals surface area contributed by atoms with Gasteiger partial charge in [-0.2, -0.15) is 5.21 Å². The molecule has 0 spiro atoms. The molecular formula is C17H24N10O6S2. The van der Waals surface area contributed by atoms with Crippen molar-refractivity contribution in [2.45, 2.75) is 28.4 Å². The number of H-pyrrole nitrogens is 1. The maximum absolute atomic E-state index is 13.1. The molecule has 190 valence electrons. The monoisotopic (exact) mass is 528 g/mol. The lowest BCUT2D eigenvalue weighted by molar-refractivity contribution is 0.186. The van der Waals surface area contributed by atoms with Crippen molar-refractivity contribution in [2.75, 3.05) is 31.1 Å². The van der Waals surface area contributed by atoms with E-state index in [0.717, 1.165) is 6.07 Å². The molecule has 18 heteroatoms. The van der Waals surface area contributed by atoms with E-state index in [1.807, 2.05) is 0 Å². The molecule has 0 saturated carbocycles. The van der Waals surface area contributed by atoms with Gasteiger partial charge in [0.1, 0.15) is 9.79 Å². The molecule has 0 radical (unpaired) electrons. The van der Waals surface area contributed by atoms with Gasteiger partial charge in [0.15, 0.2) is 0 Å². The van der Waals surface area contributed by atoms with Crippen LogP contribution < -0.4 is 20.5 Å². The highest BCUT2D eigenvalue weighted by atomic mass is 32.2. The summed E-state index contributed by atoms with van der Waals surface area (Å²) in [5, 5.41) is 38.3. The fraction of sp³-hybridized carbons (Fsp3) is 0.412. The molecule has 8 N–H and O–H groups in total. The van der Waals surface area contributed by atoms with Crippen molar-refractivity contribution in [1.29, 1.82) is 0 Å². The Balaban J connectivity index is 1.96. The third-order valence-electron chi connectivity index (χ3n) is 5.49. The molecule has 2 atom stereocenters. The number of nitrogens with two attached hydrogens (primary N) is 2. The van der Waals surface area contributed by atoms with Gasteiger partial charge < -0.3 is 25.4 Å². The quantitative estimate of drug-likeness (QED) is 0.167. The lowest BCUT2D eigenvalue weighted by Gasteiger charge is -2.34. The minimum atomic E-state index is -4.68. The largest absolute Gasteiger partial charge is 0.394 e. The second kappa shape index (κ2) is 9.57. The van der Waals surface area contributed by atoms with Crippen molar-refractivity contribution >= 4 is 31.7 Å². The molecule has 0 fully saturated rings. The van der Waals surface area contributed by atoms with E-state index in [0.29, 0.717) is 18.9 Å². The number of aromatic nitrogens is 6. The van der Waals surface area contributed by atoms with Gasteiger partial charge in [-0.1, -0.05) is 0 Å². The topological polar surface area (TPSA) is 248 Å². The third kappa shape index (κ3) is 4.76. The van der Waals surface area contributed by atoms with Crippen LogP contribution in [0.25, 0.3) is 11.4 Å². The van der Waals surface area contributed by atoms with Crippen LogP contribution in [0.4, 0.5) is 11.6 Å². The number of tetrazole rings is 1. The van der Waals surface area contributed by atoms with Gasteiger partial charge in [-0.15, -0.1) is 10.2 Å². The van der Waals surface area contributed by atoms with E-state index in [2.05, 4.69) is 30.3 Å². The Bertz CT molecular complexity index is 1410. The van der Waals surface area contributed by atoms with E-state index >= 15 is 0 Å². The summed E-state index contributed by atoms with van der Waals surface area (Å²) in [6.45, 7) is -0.485. The average Bonchev–Trinajstić information content (AvgIpc) is 3.53. The smallest absolute Gasteiger partial charge is 0.242 e. The first-order valence-corrected chi connectivity index (χ1v) is 13.3. The standard InChI is InChI=1S/C17H24N10O6S2/c18-7-11(29)8-21-35(32,33)13-2-1-12(14(15(13)34(19,30)31)16-22-24-25-23-16)27-5-3-10(9-28)26-6-4-20-17(26)27/h1-2,4,6,10-11,21,28-29H,3,5,7-9,18H2,(H2,19,30,31)(H,22,23,24,25). The number of fused-ring (bicyclic) bond motifs is 1. The first-order valence-electron chi connectivity index (χ1n) is 10.3. The Kier molecular flexibility index (Phi) is 6.86. The predicted octanol–water partition coefficient (Wildman–Crippen LogP) is -2.62. The molecule has 16 nitrogen and oxygen atoms in total. The Morgan fingerprint density at radius 3 is 2.69 bits per heavy atom. The van der Waals surface area contributed by atoms with Crippen molar-refractivity contribution in [2.24, 2.45) is 10.9 Å². The second-order valence-corrected chi connectivity index (χ2v) is 11.0. The van der Waals surface area contributed by atoms with Crippen LogP contribution in [0.1, 0.15) is 12.5 Å². The van der Waals surface area contributed by atoms with Gasteiger partial charge in [0.2, 0.25) is 31.8 Å². The van der Waals surface area contributed by atoms with E-state index < -0.39 is 42.5 Å². The van der Waals surface area contributed by atoms with Crippen molar-refractivity contribution in [3.05, 3.63) is 24.5 Å². The van der Waals surface area contributed by atoms with Crippen LogP contribution in [-0.4, -0.2) is 89.6 Å². The SMILES string of the molecule is NCC(O)CNS(=O)(=O)c1ccc(N2CCC(CO)n3ccnc32)c(-c2nn[nH]n2)c1S(N)(=O)=O. The van der Waals surface area contributed by atoms with Crippen LogP contribution in [0, 0.1) is 0 Å². The zero-order valence-corrected chi connectivity index (χ0v) is 19.8. The summed E-state index contributed by atoms with van der Waals surface area (Å²) < 4.78 is 55.6. The summed E-state index contributed by atoms with van der Waals surface area (Å²) in [7, 11) is -9.17. The Morgan fingerprint density at radius 1 is 1.29 bits per heavy atom. The van der Waals surface area contributed by atoms with Gasteiger partial charge in [-0.3, -0.25) is 0 Å². The third-order valence-corrected chi connectivity index (χ3v) is 8.08. The van der Waals surface area contributed by atoms with Crippen molar-refractivity contribution in [1.82, 2.24) is 34.9 Å². The number of rotatable bonds is 9. The van der Waals surface area contributed by atoms with E-state index in [1.54, 1.807) is 15.7 Å². The number of hydrogen-bond donors (Lipinski definition) is 6. The molecular weight excluding hydrogens is 504 g/mol. The molecule has 3 aromatic rings. The molecule has 0 bridgehead atoms. The van der Waals surface area contributed by atoms with Crippen molar-refractivity contribution < 1.29 is 27.0 Å². The maximum atomic E-state index is 13.1. The van der Waals surface area contributed by atoms with Crippen LogP contribution in [0.3, 0.4) is 0 Å². The number of primary sulfonamides is 1. The average molecular weight is 529 g/mol. The zero-order valence-electron chi connectivity index (χ0n) is 18.2. The number of aromatic amines is 1. The van der Waals surface area contributed by atoms with E-state index in [9.17, 15) is 27.0 Å². The lowest BCUT2D eigenvalue weighted by Crippen LogP contribution is -2.37. The van der Waals surface area contributed by atoms with E-state index in [1.165, 1.54) is 12.3 Å². The minimum absolute atomic E-state index is 0.130. The fourth-order valence-corrected chi connectivity index (χ4v) is 6.51. The molecule has 1 aromatic carbocycles. The summed E-state index contributed by atoms with van der Waals surface area (Å²) in [4.78, 5) is 4.55. The van der Waals surface area contributed by atoms with Crippen LogP contribution in [0.15, 0.2) is 34.3 Å². The van der Waals surface area contributed by atoms with Crippen LogP contribution in [0.5, 0.6) is 0 Å². The van der Waals surface area contributed by atoms with Gasteiger partial charge in [0, 0.05) is 32.0 Å². The fourth-order valence-electron chi connectivity index (χ4n) is 3.85. The van der Waals surface area contributed by atoms with Gasteiger partial charge in [0.05, 0.1) is 30.0 Å². The van der Waals surface area contributed by atoms with Crippen molar-refractivity contribution in [3.63, 3.8) is 0 Å². The Morgan fingerprint density at radius 2 is 2.06 bits per heavy atom. The molecule has 1 aliphatic rings. The molecule has 35 heavy (non-hydrogen) atoms. The molecule has 1 aliphatic heterocycles. The first kappa shape index (κ1) is 25.1. The van der Waals surface area contributed by atoms with E-state index in [4.69, 9.17) is 10.9 Å². The molecule has 0 saturated heterocycles. The highest BCUT2D eigenvalue weighted by Crippen LogP contribution is 2.42. The van der Waals surface area contributed by atoms with Crippen LogP contribution in [0.2, 0.25) is 0 Å². The number of aliphatic hydroxyl groups excluding tert-OH is 2. The van der Waals surface area contributed by atoms with Gasteiger partial charge >= 0.3 is 0 Å². The summed E-state index contributed by atoms with van der Waals surface area (Å²) in [6, 6.07) is 2.22. The molecule has 3 heterocycles. The molecule has 0 amide bonds. The molecule has 2 unspecified atom stereocenters. The molecule has 2 aromatic heterocycles. The molecule has 4 rings (SSSR count). The van der Waals surface area contributed by atoms with Crippen LogP contribution >= 0.6 is 0 Å². The summed E-state index contributed by atoms with van der Waals surface area (Å²) in [6.07, 6.45) is 2.48. The molecule has 0 aliphatic carbocycles. The lowest BCUT2D eigenvalue weighted by atomic mass is 10.1. The number of nitrogens with one attached hydrogen (secondary N) is 2. The zero-order chi connectivity index (χ0) is 25.4. The number of sulfonamides is 2. The maximum Gasteiger partial charge on any atom is 0.242 e. The number of nitrogens with zero attached hydrogens (tertiary/aromatic N) is 6. The number of anilines is 2. The Labute approximate surface area is 200 Å². The second-order valence-electron chi connectivity index (χ2n) is 7.72.